The van der Waals surface area contributed by atoms with Gasteiger partial charge in [-0.1, -0.05) is 19.9 Å². The van der Waals surface area contributed by atoms with Gasteiger partial charge in [-0.2, -0.15) is 10.4 Å². The first-order valence-corrected chi connectivity index (χ1v) is 9.15. The van der Waals surface area contributed by atoms with Gasteiger partial charge in [-0.3, -0.25) is 0 Å². The molecule has 0 saturated carbocycles. The summed E-state index contributed by atoms with van der Waals surface area (Å²) in [7, 11) is 1.26. The average Bonchev–Trinajstić information content (AvgIpc) is 3.04. The van der Waals surface area contributed by atoms with E-state index in [1.54, 1.807) is 16.8 Å². The van der Waals surface area contributed by atoms with E-state index in [1.165, 1.54) is 0 Å². The van der Waals surface area contributed by atoms with Gasteiger partial charge in [0.1, 0.15) is 5.75 Å². The number of aryl methyl sites for hydroxylation is 1. The highest BCUT2D eigenvalue weighted by Gasteiger charge is 2.52. The zero-order valence-electron chi connectivity index (χ0n) is 17.0. The smallest absolute Gasteiger partial charge is 0.440 e. The van der Waals surface area contributed by atoms with E-state index in [9.17, 15) is 5.26 Å². The van der Waals surface area contributed by atoms with Crippen LogP contribution >= 0.6 is 0 Å². The fraction of sp³-hybridized carbons (Fsp3) is 0.500. The third kappa shape index (κ3) is 3.60. The van der Waals surface area contributed by atoms with E-state index in [0.717, 1.165) is 11.2 Å². The number of nitrogens with zero attached hydrogens (tertiary/aromatic N) is 3. The molecule has 142 valence electrons. The summed E-state index contributed by atoms with van der Waals surface area (Å²) in [5, 5.41) is 13.8. The van der Waals surface area contributed by atoms with Crippen LogP contribution in [0.3, 0.4) is 0 Å². The fourth-order valence-electron chi connectivity index (χ4n) is 2.82. The molecule has 27 heavy (non-hydrogen) atoms. The zero-order valence-corrected chi connectivity index (χ0v) is 17.0. The zero-order chi connectivity index (χ0) is 20.0. The molecule has 0 atom stereocenters. The Morgan fingerprint density at radius 2 is 1.78 bits per heavy atom. The molecule has 0 aliphatic carbocycles. The third-order valence-electron chi connectivity index (χ3n) is 5.31. The maximum absolute atomic E-state index is 9.30. The monoisotopic (exact) mass is 367 g/mol. The Hall–Kier alpha value is -2.30. The second-order valence-corrected chi connectivity index (χ2v) is 8.24. The number of rotatable bonds is 4. The quantitative estimate of drug-likeness (QED) is 0.774. The van der Waals surface area contributed by atoms with Crippen molar-refractivity contribution in [3.8, 4) is 17.7 Å². The fourth-order valence-corrected chi connectivity index (χ4v) is 2.82. The lowest BCUT2D eigenvalue weighted by Crippen LogP contribution is -2.41. The molecule has 0 N–H and O–H groups in total. The molecule has 1 saturated heterocycles. The number of hydrogen-bond acceptors (Lipinski definition) is 5. The van der Waals surface area contributed by atoms with Gasteiger partial charge in [0, 0.05) is 18.6 Å². The maximum atomic E-state index is 9.30. The molecule has 2 heterocycles. The van der Waals surface area contributed by atoms with Gasteiger partial charge in [0.25, 0.3) is 0 Å². The Kier molecular flexibility index (Phi) is 4.83. The van der Waals surface area contributed by atoms with E-state index in [4.69, 9.17) is 14.0 Å². The third-order valence-corrected chi connectivity index (χ3v) is 5.31. The second kappa shape index (κ2) is 6.70. The Morgan fingerprint density at radius 1 is 1.15 bits per heavy atom. The van der Waals surface area contributed by atoms with Crippen LogP contribution in [0, 0.1) is 11.3 Å². The van der Waals surface area contributed by atoms with Gasteiger partial charge in [-0.15, -0.1) is 0 Å². The lowest BCUT2D eigenvalue weighted by atomic mass is 9.78. The molecule has 1 aliphatic heterocycles. The van der Waals surface area contributed by atoms with Crippen molar-refractivity contribution in [3.05, 3.63) is 35.5 Å². The lowest BCUT2D eigenvalue weighted by Gasteiger charge is -2.32. The summed E-state index contributed by atoms with van der Waals surface area (Å²) in [5.41, 5.74) is 1.29. The van der Waals surface area contributed by atoms with Crippen molar-refractivity contribution >= 4 is 12.6 Å². The maximum Gasteiger partial charge on any atom is 0.498 e. The predicted octanol–water partition coefficient (Wildman–Crippen LogP) is 3.51. The molecule has 2 aromatic rings. The highest BCUT2D eigenvalue weighted by molar-refractivity contribution is 6.63. The minimum atomic E-state index is -0.574. The molecule has 3 rings (SSSR count). The molecule has 1 aromatic heterocycles. The summed E-state index contributed by atoms with van der Waals surface area (Å²) >= 11 is 0. The highest BCUT2D eigenvalue weighted by Crippen LogP contribution is 2.37. The largest absolute Gasteiger partial charge is 0.498 e. The molecular formula is C20H26BN3O3. The van der Waals surface area contributed by atoms with E-state index >= 15 is 0 Å². The minimum Gasteiger partial charge on any atom is -0.440 e. The number of aromatic nitrogens is 2. The number of benzene rings is 1. The number of nitriles is 1. The number of hydrogen-bond donors (Lipinski definition) is 0. The summed E-state index contributed by atoms with van der Waals surface area (Å²) in [6.07, 6.45) is 0. The Morgan fingerprint density at radius 3 is 2.30 bits per heavy atom. The van der Waals surface area contributed by atoms with Crippen molar-refractivity contribution in [1.29, 1.82) is 5.26 Å². The van der Waals surface area contributed by atoms with Crippen molar-refractivity contribution in [2.75, 3.05) is 0 Å². The summed E-state index contributed by atoms with van der Waals surface area (Å²) < 4.78 is 20.2. The average molecular weight is 367 g/mol. The Bertz CT molecular complexity index is 880. The van der Waals surface area contributed by atoms with Crippen molar-refractivity contribution < 1.29 is 14.0 Å². The minimum absolute atomic E-state index is 0.293. The summed E-state index contributed by atoms with van der Waals surface area (Å²) in [5.74, 6) is 1.43. The van der Waals surface area contributed by atoms with Crippen LogP contribution in [-0.2, 0) is 16.4 Å². The van der Waals surface area contributed by atoms with Gasteiger partial charge in [-0.05, 0) is 45.7 Å². The Balaban J connectivity index is 1.99. The van der Waals surface area contributed by atoms with Crippen LogP contribution in [0.5, 0.6) is 11.6 Å². The normalized spacial score (nSPS) is 18.0. The van der Waals surface area contributed by atoms with Gasteiger partial charge in [0.05, 0.1) is 28.5 Å². The molecule has 1 aliphatic rings. The summed E-state index contributed by atoms with van der Waals surface area (Å²) in [6, 6.07) is 9.36. The van der Waals surface area contributed by atoms with E-state index in [2.05, 4.69) is 25.0 Å². The molecule has 1 fully saturated rings. The van der Waals surface area contributed by atoms with E-state index in [0.29, 0.717) is 23.1 Å². The SMILES string of the molecule is CC(C)c1cc(Oc2cc(C#N)ccc2B2OC(C)(C)C(C)(C)O2)n(C)n1. The van der Waals surface area contributed by atoms with E-state index in [1.807, 2.05) is 46.9 Å². The summed E-state index contributed by atoms with van der Waals surface area (Å²) in [6.45, 7) is 12.2. The van der Waals surface area contributed by atoms with Crippen molar-refractivity contribution in [1.82, 2.24) is 9.78 Å². The summed E-state index contributed by atoms with van der Waals surface area (Å²) in [4.78, 5) is 0. The van der Waals surface area contributed by atoms with Crippen LogP contribution in [-0.4, -0.2) is 28.1 Å². The van der Waals surface area contributed by atoms with Crippen molar-refractivity contribution in [2.45, 2.75) is 58.7 Å². The van der Waals surface area contributed by atoms with Gasteiger partial charge < -0.3 is 14.0 Å². The highest BCUT2D eigenvalue weighted by atomic mass is 16.7. The molecular weight excluding hydrogens is 341 g/mol. The lowest BCUT2D eigenvalue weighted by molar-refractivity contribution is 0.00578. The van der Waals surface area contributed by atoms with Gasteiger partial charge in [0.2, 0.25) is 5.88 Å². The standard InChI is InChI=1S/C20H26BN3O3/c1-13(2)16-11-18(24(7)23-16)25-17-10-14(12-22)8-9-15(17)21-26-19(3,4)20(5,6)27-21/h8-11,13H,1-7H3. The van der Waals surface area contributed by atoms with E-state index in [-0.39, 0.29) is 0 Å². The van der Waals surface area contributed by atoms with Crippen LogP contribution < -0.4 is 10.2 Å². The number of ether oxygens (including phenoxy) is 1. The van der Waals surface area contributed by atoms with Crippen LogP contribution in [0.15, 0.2) is 24.3 Å². The molecule has 6 nitrogen and oxygen atoms in total. The van der Waals surface area contributed by atoms with Gasteiger partial charge >= 0.3 is 7.12 Å². The van der Waals surface area contributed by atoms with Gasteiger partial charge in [-0.25, -0.2) is 4.68 Å². The molecule has 0 spiro atoms. The predicted molar refractivity (Wildman–Crippen MR) is 104 cm³/mol. The first kappa shape index (κ1) is 19.5. The van der Waals surface area contributed by atoms with Crippen LogP contribution in [0.25, 0.3) is 0 Å². The van der Waals surface area contributed by atoms with Crippen LogP contribution in [0.4, 0.5) is 0 Å². The first-order chi connectivity index (χ1) is 12.5. The molecule has 0 amide bonds. The second-order valence-electron chi connectivity index (χ2n) is 8.24. The Labute approximate surface area is 161 Å². The van der Waals surface area contributed by atoms with Crippen molar-refractivity contribution in [3.63, 3.8) is 0 Å². The molecule has 7 heteroatoms. The topological polar surface area (TPSA) is 69.3 Å². The van der Waals surface area contributed by atoms with Crippen LogP contribution in [0.2, 0.25) is 0 Å². The van der Waals surface area contributed by atoms with Crippen molar-refractivity contribution in [2.24, 2.45) is 7.05 Å². The van der Waals surface area contributed by atoms with Crippen LogP contribution in [0.1, 0.15) is 58.7 Å². The van der Waals surface area contributed by atoms with E-state index < -0.39 is 18.3 Å². The molecule has 0 unspecified atom stereocenters. The first-order valence-electron chi connectivity index (χ1n) is 9.15. The molecule has 0 bridgehead atoms. The van der Waals surface area contributed by atoms with Gasteiger partial charge in [0.15, 0.2) is 0 Å². The molecule has 1 aromatic carbocycles. The molecule has 0 radical (unpaired) electrons.